The molecule has 176 valence electrons. The summed E-state index contributed by atoms with van der Waals surface area (Å²) in [7, 11) is 0. The number of hydrogen-bond acceptors (Lipinski definition) is 4. The molecule has 1 heterocycles. The fourth-order valence-electron chi connectivity index (χ4n) is 3.60. The first-order valence-electron chi connectivity index (χ1n) is 12.5. The molecule has 0 bridgehead atoms. The molecule has 0 saturated carbocycles. The highest BCUT2D eigenvalue weighted by molar-refractivity contribution is 5.69. The normalized spacial score (nSPS) is 11.8. The molecule has 0 aliphatic rings. The van der Waals surface area contributed by atoms with E-state index < -0.39 is 0 Å². The van der Waals surface area contributed by atoms with Crippen molar-refractivity contribution in [2.75, 3.05) is 6.61 Å². The van der Waals surface area contributed by atoms with Crippen molar-refractivity contribution >= 4 is 5.97 Å². The molecule has 1 unspecified atom stereocenters. The quantitative estimate of drug-likeness (QED) is 0.200. The molecule has 4 heteroatoms. The summed E-state index contributed by atoms with van der Waals surface area (Å²) in [5, 5.41) is 0. The Kier molecular flexibility index (Phi) is 12.5. The maximum Gasteiger partial charge on any atom is 0.306 e. The van der Waals surface area contributed by atoms with E-state index >= 15 is 0 Å². The molecule has 4 nitrogen and oxygen atoms in total. The number of carbonyl (C=O) groups excluding carboxylic acids is 1. The van der Waals surface area contributed by atoms with Crippen molar-refractivity contribution in [1.82, 2.24) is 4.98 Å². The Morgan fingerprint density at radius 3 is 2.22 bits per heavy atom. The van der Waals surface area contributed by atoms with Gasteiger partial charge in [-0.1, -0.05) is 64.9 Å². The van der Waals surface area contributed by atoms with Gasteiger partial charge in [-0.25, -0.2) is 0 Å². The molecule has 0 N–H and O–H groups in total. The van der Waals surface area contributed by atoms with Crippen LogP contribution in [0.1, 0.15) is 90.5 Å². The lowest BCUT2D eigenvalue weighted by Crippen LogP contribution is -2.21. The molecule has 0 aliphatic carbocycles. The van der Waals surface area contributed by atoms with Gasteiger partial charge in [0, 0.05) is 18.2 Å². The second-order valence-electron chi connectivity index (χ2n) is 8.66. The van der Waals surface area contributed by atoms with E-state index in [4.69, 9.17) is 9.47 Å². The highest BCUT2D eigenvalue weighted by Crippen LogP contribution is 2.22. The topological polar surface area (TPSA) is 48.4 Å². The second kappa shape index (κ2) is 15.4. The summed E-state index contributed by atoms with van der Waals surface area (Å²) in [6, 6.07) is 12.2. The number of aryl methyl sites for hydroxylation is 1. The van der Waals surface area contributed by atoms with Crippen molar-refractivity contribution < 1.29 is 14.3 Å². The van der Waals surface area contributed by atoms with Crippen LogP contribution in [0, 0.1) is 0 Å². The van der Waals surface area contributed by atoms with Crippen molar-refractivity contribution in [3.8, 4) is 17.0 Å². The molecule has 2 aromatic rings. The van der Waals surface area contributed by atoms with Gasteiger partial charge in [-0.15, -0.1) is 0 Å². The molecule has 0 spiro atoms. The van der Waals surface area contributed by atoms with E-state index in [0.29, 0.717) is 13.0 Å². The molecule has 0 radical (unpaired) electrons. The van der Waals surface area contributed by atoms with E-state index in [9.17, 15) is 4.79 Å². The third-order valence-electron chi connectivity index (χ3n) is 5.60. The Morgan fingerprint density at radius 1 is 0.875 bits per heavy atom. The average Bonchev–Trinajstić information content (AvgIpc) is 2.81. The van der Waals surface area contributed by atoms with Crippen LogP contribution < -0.4 is 4.74 Å². The number of esters is 1. The lowest BCUT2D eigenvalue weighted by molar-refractivity contribution is -0.149. The summed E-state index contributed by atoms with van der Waals surface area (Å²) in [6.07, 6.45) is 14.5. The zero-order valence-electron chi connectivity index (χ0n) is 20.3. The summed E-state index contributed by atoms with van der Waals surface area (Å²) < 4.78 is 11.1. The van der Waals surface area contributed by atoms with Crippen molar-refractivity contribution in [3.63, 3.8) is 0 Å². The van der Waals surface area contributed by atoms with Crippen LogP contribution in [0.15, 0.2) is 42.6 Å². The van der Waals surface area contributed by atoms with Crippen molar-refractivity contribution in [3.05, 3.63) is 48.2 Å². The van der Waals surface area contributed by atoms with Gasteiger partial charge in [0.15, 0.2) is 0 Å². The highest BCUT2D eigenvalue weighted by atomic mass is 16.6. The molecular formula is C28H41NO3. The largest absolute Gasteiger partial charge is 0.490 e. The van der Waals surface area contributed by atoms with Gasteiger partial charge in [-0.3, -0.25) is 9.78 Å². The van der Waals surface area contributed by atoms with Crippen LogP contribution in [-0.4, -0.2) is 23.7 Å². The number of ether oxygens (including phenoxy) is 2. The molecule has 1 atom stereocenters. The van der Waals surface area contributed by atoms with Gasteiger partial charge in [-0.05, 0) is 62.1 Å². The lowest BCUT2D eigenvalue weighted by Gasteiger charge is -2.14. The van der Waals surface area contributed by atoms with Crippen molar-refractivity contribution in [2.45, 2.75) is 97.5 Å². The lowest BCUT2D eigenvalue weighted by atomic mass is 10.0. The molecule has 1 aromatic heterocycles. The van der Waals surface area contributed by atoms with Crippen LogP contribution in [0.4, 0.5) is 0 Å². The van der Waals surface area contributed by atoms with Gasteiger partial charge in [-0.2, -0.15) is 0 Å². The number of pyridine rings is 1. The van der Waals surface area contributed by atoms with Gasteiger partial charge in [0.2, 0.25) is 0 Å². The third kappa shape index (κ3) is 10.3. The van der Waals surface area contributed by atoms with Crippen LogP contribution in [0.5, 0.6) is 5.75 Å². The first-order chi connectivity index (χ1) is 15.6. The van der Waals surface area contributed by atoms with Crippen LogP contribution in [-0.2, 0) is 16.0 Å². The number of nitrogens with zero attached hydrogens (tertiary/aromatic N) is 1. The molecule has 0 fully saturated rings. The number of aromatic nitrogens is 1. The average molecular weight is 440 g/mol. The first-order valence-corrected chi connectivity index (χ1v) is 12.5. The van der Waals surface area contributed by atoms with Gasteiger partial charge in [0.25, 0.3) is 0 Å². The zero-order chi connectivity index (χ0) is 23.0. The van der Waals surface area contributed by atoms with E-state index in [1.54, 1.807) is 0 Å². The van der Waals surface area contributed by atoms with Crippen LogP contribution in [0.2, 0.25) is 0 Å². The Morgan fingerprint density at radius 2 is 1.56 bits per heavy atom. The summed E-state index contributed by atoms with van der Waals surface area (Å²) in [5.41, 5.74) is 3.35. The van der Waals surface area contributed by atoms with Crippen LogP contribution in [0.3, 0.4) is 0 Å². The summed E-state index contributed by atoms with van der Waals surface area (Å²) in [6.45, 7) is 6.53. The minimum absolute atomic E-state index is 0.153. The van der Waals surface area contributed by atoms with Gasteiger partial charge >= 0.3 is 5.97 Å². The molecular weight excluding hydrogens is 398 g/mol. The maximum absolute atomic E-state index is 11.7. The second-order valence-corrected chi connectivity index (χ2v) is 8.66. The monoisotopic (exact) mass is 439 g/mol. The standard InChI is InChI=1S/C28H41NO3/c1-4-6-8-9-10-11-12-13-24-15-20-27(29-21-24)25-16-18-26(19-17-25)31-22-23(3)32-28(30)14-7-5-2/h15-21,23H,4-14,22H2,1-3H3. The van der Waals surface area contributed by atoms with Crippen molar-refractivity contribution in [1.29, 1.82) is 0 Å². The minimum atomic E-state index is -0.260. The Balaban J connectivity index is 1.72. The third-order valence-corrected chi connectivity index (χ3v) is 5.60. The molecule has 0 amide bonds. The highest BCUT2D eigenvalue weighted by Gasteiger charge is 2.10. The van der Waals surface area contributed by atoms with Crippen molar-refractivity contribution in [2.24, 2.45) is 0 Å². The van der Waals surface area contributed by atoms with E-state index in [-0.39, 0.29) is 12.1 Å². The molecule has 0 aliphatic heterocycles. The fourth-order valence-corrected chi connectivity index (χ4v) is 3.60. The number of rotatable bonds is 16. The molecule has 2 rings (SSSR count). The smallest absolute Gasteiger partial charge is 0.306 e. The predicted octanol–water partition coefficient (Wildman–Crippen LogP) is 7.54. The maximum atomic E-state index is 11.7. The van der Waals surface area contributed by atoms with E-state index in [2.05, 4.69) is 31.0 Å². The SMILES string of the molecule is CCCCCCCCCc1ccc(-c2ccc(OCC(C)OC(=O)CCCC)cc2)nc1. The van der Waals surface area contributed by atoms with Crippen LogP contribution >= 0.6 is 0 Å². The number of unbranched alkanes of at least 4 members (excludes halogenated alkanes) is 7. The molecule has 32 heavy (non-hydrogen) atoms. The number of benzene rings is 1. The van der Waals surface area contributed by atoms with Gasteiger partial charge in [0.1, 0.15) is 18.5 Å². The zero-order valence-corrected chi connectivity index (χ0v) is 20.3. The Labute approximate surface area is 194 Å². The van der Waals surface area contributed by atoms with Crippen LogP contribution in [0.25, 0.3) is 11.3 Å². The predicted molar refractivity (Wildman–Crippen MR) is 132 cm³/mol. The summed E-state index contributed by atoms with van der Waals surface area (Å²) in [4.78, 5) is 16.3. The Bertz CT molecular complexity index is 755. The van der Waals surface area contributed by atoms with Gasteiger partial charge in [0.05, 0.1) is 5.69 Å². The van der Waals surface area contributed by atoms with Gasteiger partial charge < -0.3 is 9.47 Å². The van der Waals surface area contributed by atoms with E-state index in [1.165, 1.54) is 50.5 Å². The van der Waals surface area contributed by atoms with E-state index in [1.807, 2.05) is 37.4 Å². The Hall–Kier alpha value is -2.36. The fraction of sp³-hybridized carbons (Fsp3) is 0.571. The van der Waals surface area contributed by atoms with E-state index in [0.717, 1.165) is 36.3 Å². The minimum Gasteiger partial charge on any atom is -0.490 e. The number of carbonyl (C=O) groups is 1. The molecule has 1 aromatic carbocycles. The number of hydrogen-bond donors (Lipinski definition) is 0. The first kappa shape index (κ1) is 25.9. The molecule has 0 saturated heterocycles. The summed E-state index contributed by atoms with van der Waals surface area (Å²) >= 11 is 0. The summed E-state index contributed by atoms with van der Waals surface area (Å²) in [5.74, 6) is 0.612.